The van der Waals surface area contributed by atoms with Crippen molar-refractivity contribution in [2.24, 2.45) is 5.73 Å². The summed E-state index contributed by atoms with van der Waals surface area (Å²) in [6, 6.07) is 1.74. The van der Waals surface area contributed by atoms with E-state index in [1.807, 2.05) is 0 Å². The molecule has 0 radical (unpaired) electrons. The Kier molecular flexibility index (Phi) is 7.24. The SMILES string of the molecule is NC(=O)OCC1=C(C(=O)O)N2C(=O)C(NC(=O)CSc3cc(Cl)c(F)c(Cl)c3)[C@@H]2SC1. The average Bonchev–Trinajstić information content (AvgIpc) is 2.71. The summed E-state index contributed by atoms with van der Waals surface area (Å²) in [5.41, 5.74) is 4.85. The molecule has 0 spiro atoms. The molecule has 9 nitrogen and oxygen atoms in total. The lowest BCUT2D eigenvalue weighted by Crippen LogP contribution is -2.70. The van der Waals surface area contributed by atoms with Crippen LogP contribution in [-0.2, 0) is 19.1 Å². The molecule has 3 rings (SSSR count). The number of carbonyl (C=O) groups excluding carboxylic acids is 3. The van der Waals surface area contributed by atoms with E-state index in [0.29, 0.717) is 4.90 Å². The number of halogens is 3. The maximum Gasteiger partial charge on any atom is 0.404 e. The summed E-state index contributed by atoms with van der Waals surface area (Å²) in [6.07, 6.45) is -1.06. The zero-order valence-corrected chi connectivity index (χ0v) is 18.5. The number of carbonyl (C=O) groups is 4. The first-order valence-electron chi connectivity index (χ1n) is 8.49. The Balaban J connectivity index is 1.62. The fraction of sp³-hybridized carbons (Fsp3) is 0.294. The predicted molar refractivity (Wildman–Crippen MR) is 112 cm³/mol. The number of hydrogen-bond acceptors (Lipinski definition) is 7. The Labute approximate surface area is 193 Å². The van der Waals surface area contributed by atoms with Gasteiger partial charge in [0.05, 0.1) is 15.8 Å². The van der Waals surface area contributed by atoms with Crippen molar-refractivity contribution in [3.05, 3.63) is 39.3 Å². The summed E-state index contributed by atoms with van der Waals surface area (Å²) in [5, 5.41) is 11.1. The Bertz CT molecular complexity index is 985. The number of rotatable bonds is 7. The maximum absolute atomic E-state index is 13.5. The van der Waals surface area contributed by atoms with E-state index in [9.17, 15) is 28.7 Å². The first-order chi connectivity index (χ1) is 14.6. The molecule has 1 fully saturated rings. The monoisotopic (exact) mass is 509 g/mol. The predicted octanol–water partition coefficient (Wildman–Crippen LogP) is 2.06. The molecule has 1 aromatic carbocycles. The van der Waals surface area contributed by atoms with E-state index in [1.54, 1.807) is 0 Å². The summed E-state index contributed by atoms with van der Waals surface area (Å²) in [5.74, 6) is -3.11. The second kappa shape index (κ2) is 9.55. The number of hydrogen-bond donors (Lipinski definition) is 3. The Morgan fingerprint density at radius 2 is 2.00 bits per heavy atom. The van der Waals surface area contributed by atoms with Gasteiger partial charge >= 0.3 is 12.1 Å². The highest BCUT2D eigenvalue weighted by molar-refractivity contribution is 8.00. The number of thioether (sulfide) groups is 2. The number of nitrogens with two attached hydrogens (primary N) is 1. The second-order valence-electron chi connectivity index (χ2n) is 6.31. The van der Waals surface area contributed by atoms with E-state index in [0.717, 1.165) is 16.7 Å². The van der Waals surface area contributed by atoms with Crippen LogP contribution in [0.15, 0.2) is 28.3 Å². The van der Waals surface area contributed by atoms with Gasteiger partial charge in [0.1, 0.15) is 23.7 Å². The summed E-state index contributed by atoms with van der Waals surface area (Å²) < 4.78 is 18.1. The normalized spacial score (nSPS) is 20.1. The summed E-state index contributed by atoms with van der Waals surface area (Å²) >= 11 is 13.7. The van der Waals surface area contributed by atoms with Crippen LogP contribution in [0.1, 0.15) is 0 Å². The first-order valence-corrected chi connectivity index (χ1v) is 11.3. The quantitative estimate of drug-likeness (QED) is 0.288. The minimum absolute atomic E-state index is 0.0984. The summed E-state index contributed by atoms with van der Waals surface area (Å²) in [6.45, 7) is -0.350. The lowest BCUT2D eigenvalue weighted by atomic mass is 10.0. The molecule has 0 saturated carbocycles. The largest absolute Gasteiger partial charge is 0.477 e. The van der Waals surface area contributed by atoms with Crippen LogP contribution in [0.25, 0.3) is 0 Å². The second-order valence-corrected chi connectivity index (χ2v) is 9.28. The van der Waals surface area contributed by atoms with Crippen molar-refractivity contribution in [1.29, 1.82) is 0 Å². The minimum Gasteiger partial charge on any atom is -0.477 e. The maximum atomic E-state index is 13.5. The molecular formula is C17H14Cl2FN3O6S2. The zero-order chi connectivity index (χ0) is 22.9. The minimum atomic E-state index is -1.35. The summed E-state index contributed by atoms with van der Waals surface area (Å²) in [7, 11) is 0. The number of aliphatic carboxylic acids is 1. The number of carboxylic acid groups (broad SMARTS) is 1. The fourth-order valence-electron chi connectivity index (χ4n) is 2.93. The van der Waals surface area contributed by atoms with Crippen LogP contribution in [0.4, 0.5) is 9.18 Å². The number of nitrogens with zero attached hydrogens (tertiary/aromatic N) is 1. The van der Waals surface area contributed by atoms with Crippen LogP contribution in [0.2, 0.25) is 10.0 Å². The molecule has 0 aromatic heterocycles. The average molecular weight is 510 g/mol. The number of fused-ring (bicyclic) bond motifs is 1. The number of nitrogens with one attached hydrogen (secondary N) is 1. The topological polar surface area (TPSA) is 139 Å². The molecule has 2 heterocycles. The number of β-lactam (4-membered cyclic amide) rings is 1. The standard InChI is InChI=1S/C17H14Cl2FN3O6S2/c18-8-1-7(2-9(19)11(8)20)30-5-10(24)22-12-14(25)23-13(16(26)27)6(3-29-17(21)28)4-31-15(12)23/h1-2,12,15H,3-5H2,(H2,21,28)(H,22,24)(H,26,27)/t12?,15-/m0/s1. The van der Waals surface area contributed by atoms with Crippen LogP contribution < -0.4 is 11.1 Å². The smallest absolute Gasteiger partial charge is 0.404 e. The van der Waals surface area contributed by atoms with Gasteiger partial charge in [-0.25, -0.2) is 14.0 Å². The highest BCUT2D eigenvalue weighted by atomic mass is 35.5. The van der Waals surface area contributed by atoms with E-state index >= 15 is 0 Å². The van der Waals surface area contributed by atoms with Crippen LogP contribution >= 0.6 is 46.7 Å². The molecule has 2 aliphatic rings. The van der Waals surface area contributed by atoms with E-state index in [-0.39, 0.29) is 39.4 Å². The van der Waals surface area contributed by atoms with Crippen molar-refractivity contribution in [1.82, 2.24) is 10.2 Å². The van der Waals surface area contributed by atoms with E-state index < -0.39 is 41.1 Å². The molecule has 2 atom stereocenters. The van der Waals surface area contributed by atoms with Crippen molar-refractivity contribution in [3.8, 4) is 0 Å². The van der Waals surface area contributed by atoms with Crippen LogP contribution in [0.3, 0.4) is 0 Å². The lowest BCUT2D eigenvalue weighted by molar-refractivity contribution is -0.150. The van der Waals surface area contributed by atoms with Gasteiger partial charge in [-0.3, -0.25) is 14.5 Å². The van der Waals surface area contributed by atoms with Crippen LogP contribution in [0.5, 0.6) is 0 Å². The van der Waals surface area contributed by atoms with Crippen LogP contribution in [0, 0.1) is 5.82 Å². The fourth-order valence-corrected chi connectivity index (χ4v) is 5.66. The van der Waals surface area contributed by atoms with Gasteiger partial charge in [0.15, 0.2) is 5.82 Å². The molecular weight excluding hydrogens is 496 g/mol. The molecule has 4 N–H and O–H groups in total. The number of carboxylic acids is 1. The number of benzene rings is 1. The molecule has 0 bridgehead atoms. The van der Waals surface area contributed by atoms with Crippen molar-refractivity contribution in [3.63, 3.8) is 0 Å². The zero-order valence-electron chi connectivity index (χ0n) is 15.4. The molecule has 1 aromatic rings. The van der Waals surface area contributed by atoms with Gasteiger partial charge in [0, 0.05) is 16.2 Å². The van der Waals surface area contributed by atoms with Gasteiger partial charge < -0.3 is 20.9 Å². The first kappa shape index (κ1) is 23.5. The van der Waals surface area contributed by atoms with Gasteiger partial charge in [-0.2, -0.15) is 0 Å². The molecule has 166 valence electrons. The molecule has 14 heteroatoms. The Morgan fingerprint density at radius 3 is 2.58 bits per heavy atom. The van der Waals surface area contributed by atoms with Crippen molar-refractivity contribution < 1.29 is 33.4 Å². The molecule has 0 aliphatic carbocycles. The van der Waals surface area contributed by atoms with Gasteiger partial charge in [-0.05, 0) is 12.1 Å². The number of primary amides is 1. The third-order valence-corrected chi connectivity index (χ3v) is 7.15. The van der Waals surface area contributed by atoms with Gasteiger partial charge in [-0.1, -0.05) is 23.2 Å². The molecule has 31 heavy (non-hydrogen) atoms. The molecule has 2 aliphatic heterocycles. The van der Waals surface area contributed by atoms with E-state index in [1.165, 1.54) is 23.9 Å². The van der Waals surface area contributed by atoms with Gasteiger partial charge in [-0.15, -0.1) is 23.5 Å². The highest BCUT2D eigenvalue weighted by Crippen LogP contribution is 2.40. The van der Waals surface area contributed by atoms with Crippen molar-refractivity contribution >= 4 is 70.6 Å². The molecule has 1 saturated heterocycles. The lowest BCUT2D eigenvalue weighted by Gasteiger charge is -2.49. The molecule has 3 amide bonds. The third kappa shape index (κ3) is 5.03. The van der Waals surface area contributed by atoms with Crippen molar-refractivity contribution in [2.45, 2.75) is 16.3 Å². The van der Waals surface area contributed by atoms with Crippen LogP contribution in [-0.4, -0.2) is 63.4 Å². The number of ether oxygens (including phenoxy) is 1. The van der Waals surface area contributed by atoms with Gasteiger partial charge in [0.25, 0.3) is 5.91 Å². The van der Waals surface area contributed by atoms with Crippen molar-refractivity contribution in [2.75, 3.05) is 18.1 Å². The Hall–Kier alpha value is -2.15. The molecule has 1 unspecified atom stereocenters. The number of amides is 3. The Morgan fingerprint density at radius 1 is 1.35 bits per heavy atom. The van der Waals surface area contributed by atoms with E-state index in [2.05, 4.69) is 10.1 Å². The third-order valence-electron chi connectivity index (χ3n) is 4.28. The highest BCUT2D eigenvalue weighted by Gasteiger charge is 2.54. The summed E-state index contributed by atoms with van der Waals surface area (Å²) in [4.78, 5) is 48.7. The van der Waals surface area contributed by atoms with E-state index in [4.69, 9.17) is 28.9 Å². The van der Waals surface area contributed by atoms with Gasteiger partial charge in [0.2, 0.25) is 5.91 Å².